The maximum Gasteiger partial charge on any atom is 0.243 e. The molecular weight excluding hydrogens is 512 g/mol. The number of thioether (sulfide) groups is 1. The van der Waals surface area contributed by atoms with Crippen molar-refractivity contribution in [2.24, 2.45) is 0 Å². The van der Waals surface area contributed by atoms with E-state index in [1.165, 1.54) is 6.42 Å². The molecule has 0 unspecified atom stereocenters. The van der Waals surface area contributed by atoms with Crippen LogP contribution in [0.4, 0.5) is 0 Å². The third kappa shape index (κ3) is 8.64. The zero-order valence-corrected chi connectivity index (χ0v) is 23.6. The third-order valence-corrected chi connectivity index (χ3v) is 8.32. The highest BCUT2D eigenvalue weighted by Crippen LogP contribution is 2.23. The Morgan fingerprint density at radius 3 is 2.37 bits per heavy atom. The molecule has 200 valence electrons. The highest BCUT2D eigenvalue weighted by atomic mass is 35.5. The normalized spacial score (nSPS) is 14.6. The van der Waals surface area contributed by atoms with Gasteiger partial charge in [0.1, 0.15) is 6.04 Å². The van der Waals surface area contributed by atoms with Crippen LogP contribution in [0.2, 0.25) is 5.02 Å². The number of nitrogens with zero attached hydrogens (tertiary/aromatic N) is 1. The third-order valence-electron chi connectivity index (χ3n) is 7.06. The summed E-state index contributed by atoms with van der Waals surface area (Å²) in [5, 5.41) is 4.01. The van der Waals surface area contributed by atoms with Crippen LogP contribution in [0, 0.1) is 6.92 Å². The maximum atomic E-state index is 13.8. The van der Waals surface area contributed by atoms with E-state index in [1.54, 1.807) is 11.8 Å². The summed E-state index contributed by atoms with van der Waals surface area (Å²) in [5.74, 6) is 0.576. The van der Waals surface area contributed by atoms with Gasteiger partial charge in [-0.25, -0.2) is 0 Å². The largest absolute Gasteiger partial charge is 0.352 e. The van der Waals surface area contributed by atoms with Crippen LogP contribution in [0.5, 0.6) is 0 Å². The van der Waals surface area contributed by atoms with Crippen molar-refractivity contribution >= 4 is 35.2 Å². The predicted molar refractivity (Wildman–Crippen MR) is 157 cm³/mol. The monoisotopic (exact) mass is 548 g/mol. The molecule has 1 aliphatic carbocycles. The number of hydrogen-bond donors (Lipinski definition) is 1. The first-order valence-corrected chi connectivity index (χ1v) is 14.9. The van der Waals surface area contributed by atoms with E-state index < -0.39 is 6.04 Å². The molecule has 1 N–H and O–H groups in total. The number of carbonyl (C=O) groups is 2. The zero-order valence-electron chi connectivity index (χ0n) is 22.1. The van der Waals surface area contributed by atoms with E-state index in [0.29, 0.717) is 30.2 Å². The summed E-state index contributed by atoms with van der Waals surface area (Å²) < 4.78 is 0. The van der Waals surface area contributed by atoms with Crippen LogP contribution in [0.25, 0.3) is 0 Å². The second-order valence-corrected chi connectivity index (χ2v) is 11.7. The maximum absolute atomic E-state index is 13.8. The lowest BCUT2D eigenvalue weighted by Gasteiger charge is -2.33. The molecular formula is C32H37ClN2O2S. The quantitative estimate of drug-likeness (QED) is 0.257. The van der Waals surface area contributed by atoms with Gasteiger partial charge < -0.3 is 10.2 Å². The molecule has 1 fully saturated rings. The van der Waals surface area contributed by atoms with Gasteiger partial charge in [0.2, 0.25) is 11.8 Å². The number of rotatable bonds is 11. The van der Waals surface area contributed by atoms with Crippen LogP contribution in [-0.2, 0) is 22.6 Å². The standard InChI is InChI=1S/C32H37ClN2O2S/c1-24-9-8-12-26(21-24)23-35(31(36)19-20-38-29-17-15-27(33)16-18-29)30(22-25-10-4-2-5-11-25)32(37)34-28-13-6-3-7-14-28/h2,4-5,8-12,15-18,21,28,30H,3,6-7,13-14,19-20,22-23H2,1H3,(H,34,37)/t30-/m0/s1. The number of hydrogen-bond acceptors (Lipinski definition) is 3. The SMILES string of the molecule is Cc1cccc(CN(C(=O)CCSc2ccc(Cl)cc2)[C@@H](Cc2ccccc2)C(=O)NC2CCCCC2)c1. The Kier molecular flexibility index (Phi) is 10.7. The summed E-state index contributed by atoms with van der Waals surface area (Å²) in [5.41, 5.74) is 3.22. The topological polar surface area (TPSA) is 49.4 Å². The molecule has 1 saturated carbocycles. The van der Waals surface area contributed by atoms with Crippen molar-refractivity contribution in [3.05, 3.63) is 101 Å². The van der Waals surface area contributed by atoms with E-state index in [0.717, 1.165) is 47.3 Å². The van der Waals surface area contributed by atoms with Crippen LogP contribution in [-0.4, -0.2) is 34.6 Å². The lowest BCUT2D eigenvalue weighted by molar-refractivity contribution is -0.141. The van der Waals surface area contributed by atoms with Crippen molar-refractivity contribution in [2.75, 3.05) is 5.75 Å². The Hall–Kier alpha value is -2.76. The van der Waals surface area contributed by atoms with E-state index in [-0.39, 0.29) is 17.9 Å². The first-order valence-electron chi connectivity index (χ1n) is 13.6. The summed E-state index contributed by atoms with van der Waals surface area (Å²) in [6.45, 7) is 2.46. The average Bonchev–Trinajstić information content (AvgIpc) is 2.93. The molecule has 1 aliphatic rings. The molecule has 38 heavy (non-hydrogen) atoms. The molecule has 0 aromatic heterocycles. The summed E-state index contributed by atoms with van der Waals surface area (Å²) in [7, 11) is 0. The van der Waals surface area contributed by atoms with E-state index in [4.69, 9.17) is 11.6 Å². The number of aryl methyl sites for hydroxylation is 1. The second-order valence-electron chi connectivity index (χ2n) is 10.1. The van der Waals surface area contributed by atoms with Crippen molar-refractivity contribution in [1.29, 1.82) is 0 Å². The van der Waals surface area contributed by atoms with Crippen LogP contribution in [0.15, 0.2) is 83.8 Å². The number of benzene rings is 3. The summed E-state index contributed by atoms with van der Waals surface area (Å²) >= 11 is 7.65. The van der Waals surface area contributed by atoms with Crippen molar-refractivity contribution in [3.8, 4) is 0 Å². The molecule has 3 aromatic rings. The van der Waals surface area contributed by atoms with Crippen LogP contribution in [0.1, 0.15) is 55.2 Å². The molecule has 0 bridgehead atoms. The van der Waals surface area contributed by atoms with Gasteiger partial charge in [-0.3, -0.25) is 9.59 Å². The fourth-order valence-corrected chi connectivity index (χ4v) is 6.00. The molecule has 0 saturated heterocycles. The highest BCUT2D eigenvalue weighted by Gasteiger charge is 2.31. The molecule has 0 radical (unpaired) electrons. The minimum Gasteiger partial charge on any atom is -0.352 e. The Morgan fingerprint density at radius 2 is 1.66 bits per heavy atom. The Labute approximate surface area is 236 Å². The highest BCUT2D eigenvalue weighted by molar-refractivity contribution is 7.99. The smallest absolute Gasteiger partial charge is 0.243 e. The predicted octanol–water partition coefficient (Wildman–Crippen LogP) is 7.22. The van der Waals surface area contributed by atoms with E-state index in [1.807, 2.05) is 71.6 Å². The molecule has 2 amide bonds. The van der Waals surface area contributed by atoms with Gasteiger partial charge in [0, 0.05) is 41.1 Å². The van der Waals surface area contributed by atoms with Gasteiger partial charge in [0.25, 0.3) is 0 Å². The van der Waals surface area contributed by atoms with Gasteiger partial charge in [-0.2, -0.15) is 0 Å². The number of halogens is 1. The van der Waals surface area contributed by atoms with Crippen molar-refractivity contribution < 1.29 is 9.59 Å². The van der Waals surface area contributed by atoms with Gasteiger partial charge in [-0.15, -0.1) is 11.8 Å². The molecule has 4 rings (SSSR count). The van der Waals surface area contributed by atoms with Gasteiger partial charge in [0.05, 0.1) is 0 Å². The van der Waals surface area contributed by atoms with Gasteiger partial charge in [-0.1, -0.05) is 91.0 Å². The Balaban J connectivity index is 1.56. The van der Waals surface area contributed by atoms with Gasteiger partial charge in [0.15, 0.2) is 0 Å². The van der Waals surface area contributed by atoms with Crippen LogP contribution < -0.4 is 5.32 Å². The molecule has 3 aromatic carbocycles. The molecule has 0 spiro atoms. The second kappa shape index (κ2) is 14.4. The minimum atomic E-state index is -0.576. The molecule has 1 atom stereocenters. The zero-order chi connectivity index (χ0) is 26.7. The number of nitrogens with one attached hydrogen (secondary N) is 1. The lowest BCUT2D eigenvalue weighted by Crippen LogP contribution is -2.52. The number of amides is 2. The van der Waals surface area contributed by atoms with Gasteiger partial charge in [-0.05, 0) is 55.2 Å². The molecule has 0 aliphatic heterocycles. The van der Waals surface area contributed by atoms with E-state index in [9.17, 15) is 9.59 Å². The molecule has 4 nitrogen and oxygen atoms in total. The summed E-state index contributed by atoms with van der Waals surface area (Å²) in [6, 6.07) is 25.5. The average molecular weight is 549 g/mol. The fourth-order valence-electron chi connectivity index (χ4n) is 5.04. The summed E-state index contributed by atoms with van der Waals surface area (Å²) in [4.78, 5) is 30.5. The van der Waals surface area contributed by atoms with Gasteiger partial charge >= 0.3 is 0 Å². The molecule has 0 heterocycles. The molecule has 6 heteroatoms. The van der Waals surface area contributed by atoms with Crippen LogP contribution >= 0.6 is 23.4 Å². The lowest BCUT2D eigenvalue weighted by atomic mass is 9.94. The van der Waals surface area contributed by atoms with E-state index >= 15 is 0 Å². The Bertz CT molecular complexity index is 1180. The van der Waals surface area contributed by atoms with Crippen molar-refractivity contribution in [2.45, 2.75) is 75.4 Å². The van der Waals surface area contributed by atoms with E-state index in [2.05, 4.69) is 24.4 Å². The van der Waals surface area contributed by atoms with Crippen LogP contribution in [0.3, 0.4) is 0 Å². The first-order chi connectivity index (χ1) is 18.5. The first kappa shape index (κ1) is 28.3. The summed E-state index contributed by atoms with van der Waals surface area (Å²) in [6.07, 6.45) is 6.36. The minimum absolute atomic E-state index is 0.00676. The number of carbonyl (C=O) groups excluding carboxylic acids is 2. The van der Waals surface area contributed by atoms with Crippen molar-refractivity contribution in [1.82, 2.24) is 10.2 Å². The fraction of sp³-hybridized carbons (Fsp3) is 0.375. The van der Waals surface area contributed by atoms with Crippen molar-refractivity contribution in [3.63, 3.8) is 0 Å². The Morgan fingerprint density at radius 1 is 0.947 bits per heavy atom.